The predicted molar refractivity (Wildman–Crippen MR) is 132 cm³/mol. The lowest BCUT2D eigenvalue weighted by Gasteiger charge is -2.17. The maximum atomic E-state index is 6.57. The third-order valence-electron chi connectivity index (χ3n) is 5.29. The highest BCUT2D eigenvalue weighted by molar-refractivity contribution is 6.33. The van der Waals surface area contributed by atoms with E-state index >= 15 is 0 Å². The molecule has 5 nitrogen and oxygen atoms in total. The molecule has 5 aromatic rings. The van der Waals surface area contributed by atoms with Gasteiger partial charge in [-0.05, 0) is 48.5 Å². The fourth-order valence-corrected chi connectivity index (χ4v) is 4.05. The van der Waals surface area contributed by atoms with Crippen LogP contribution >= 0.6 is 11.6 Å². The van der Waals surface area contributed by atoms with Crippen LogP contribution in [0.3, 0.4) is 0 Å². The first kappa shape index (κ1) is 20.8. The lowest BCUT2D eigenvalue weighted by molar-refractivity contribution is 0.464. The number of benzene rings is 2. The van der Waals surface area contributed by atoms with Crippen LogP contribution in [0.25, 0.3) is 22.5 Å². The van der Waals surface area contributed by atoms with Crippen LogP contribution in [0.5, 0.6) is 11.6 Å². The molecule has 3 heterocycles. The van der Waals surface area contributed by atoms with Gasteiger partial charge >= 0.3 is 0 Å². The quantitative estimate of drug-likeness (QED) is 0.311. The van der Waals surface area contributed by atoms with E-state index in [-0.39, 0.29) is 0 Å². The number of nitrogens with two attached hydrogens (primary N) is 1. The minimum atomic E-state index is 0.486. The molecule has 33 heavy (non-hydrogen) atoms. The summed E-state index contributed by atoms with van der Waals surface area (Å²) in [6.07, 6.45) is 1.71. The van der Waals surface area contributed by atoms with Crippen LogP contribution < -0.4 is 10.5 Å². The fourth-order valence-electron chi connectivity index (χ4n) is 3.81. The second-order valence-corrected chi connectivity index (χ2v) is 7.90. The second-order valence-electron chi connectivity index (χ2n) is 7.49. The summed E-state index contributed by atoms with van der Waals surface area (Å²) in [6, 6.07) is 31.1. The number of nitrogen functional groups attached to an aromatic ring is 1. The van der Waals surface area contributed by atoms with Crippen LogP contribution in [0.1, 0.15) is 5.69 Å². The second kappa shape index (κ2) is 9.18. The van der Waals surface area contributed by atoms with Crippen molar-refractivity contribution in [1.29, 1.82) is 0 Å². The first-order valence-electron chi connectivity index (χ1n) is 10.5. The van der Waals surface area contributed by atoms with Crippen molar-refractivity contribution in [2.45, 2.75) is 6.54 Å². The lowest BCUT2D eigenvalue weighted by Crippen LogP contribution is -2.07. The Labute approximate surface area is 197 Å². The zero-order valence-corrected chi connectivity index (χ0v) is 18.5. The highest BCUT2D eigenvalue weighted by atomic mass is 35.5. The van der Waals surface area contributed by atoms with Crippen molar-refractivity contribution >= 4 is 17.4 Å². The first-order chi connectivity index (χ1) is 16.2. The van der Waals surface area contributed by atoms with Crippen LogP contribution in [-0.2, 0) is 6.54 Å². The van der Waals surface area contributed by atoms with Crippen molar-refractivity contribution in [3.63, 3.8) is 0 Å². The normalized spacial score (nSPS) is 10.8. The van der Waals surface area contributed by atoms with Crippen molar-refractivity contribution in [3.8, 4) is 34.1 Å². The maximum Gasteiger partial charge on any atom is 0.219 e. The molecule has 0 bridgehead atoms. The van der Waals surface area contributed by atoms with Gasteiger partial charge in [-0.2, -0.15) is 0 Å². The van der Waals surface area contributed by atoms with Crippen LogP contribution in [-0.4, -0.2) is 14.5 Å². The van der Waals surface area contributed by atoms with Gasteiger partial charge < -0.3 is 15.0 Å². The third kappa shape index (κ3) is 4.45. The predicted octanol–water partition coefficient (Wildman–Crippen LogP) is 6.69. The summed E-state index contributed by atoms with van der Waals surface area (Å²) in [7, 11) is 0. The molecule has 0 aliphatic heterocycles. The number of halogens is 1. The average Bonchev–Trinajstić information content (AvgIpc) is 3.23. The Morgan fingerprint density at radius 2 is 1.48 bits per heavy atom. The van der Waals surface area contributed by atoms with Gasteiger partial charge in [-0.15, -0.1) is 0 Å². The van der Waals surface area contributed by atoms with Crippen molar-refractivity contribution in [2.75, 3.05) is 5.73 Å². The molecule has 0 atom stereocenters. The molecule has 0 aliphatic rings. The molecule has 5 rings (SSSR count). The Kier molecular flexibility index (Phi) is 5.79. The molecule has 0 saturated heterocycles. The molecular formula is C27H21ClN4O. The van der Waals surface area contributed by atoms with Crippen molar-refractivity contribution in [2.24, 2.45) is 0 Å². The summed E-state index contributed by atoms with van der Waals surface area (Å²) in [5.41, 5.74) is 10.6. The smallest absolute Gasteiger partial charge is 0.219 e. The number of ether oxygens (including phenoxy) is 1. The number of hydrogen-bond acceptors (Lipinski definition) is 4. The molecule has 2 aromatic carbocycles. The number of anilines is 1. The lowest BCUT2D eigenvalue weighted by atomic mass is 10.1. The van der Waals surface area contributed by atoms with Crippen molar-refractivity contribution < 1.29 is 4.74 Å². The van der Waals surface area contributed by atoms with E-state index in [9.17, 15) is 0 Å². The Hall–Kier alpha value is -4.09. The van der Waals surface area contributed by atoms with Crippen molar-refractivity contribution in [1.82, 2.24) is 14.5 Å². The van der Waals surface area contributed by atoms with E-state index in [2.05, 4.69) is 26.7 Å². The van der Waals surface area contributed by atoms with Gasteiger partial charge in [-0.1, -0.05) is 54.1 Å². The zero-order chi connectivity index (χ0) is 22.6. The number of rotatable bonds is 6. The summed E-state index contributed by atoms with van der Waals surface area (Å²) >= 11 is 6.57. The van der Waals surface area contributed by atoms with Gasteiger partial charge in [0.15, 0.2) is 0 Å². The molecular weight excluding hydrogens is 432 g/mol. The van der Waals surface area contributed by atoms with Gasteiger partial charge in [0.1, 0.15) is 11.6 Å². The molecule has 162 valence electrons. The van der Waals surface area contributed by atoms with Crippen LogP contribution in [0.15, 0.2) is 103 Å². The monoisotopic (exact) mass is 452 g/mol. The highest BCUT2D eigenvalue weighted by Gasteiger charge is 2.18. The minimum absolute atomic E-state index is 0.486. The molecule has 0 saturated carbocycles. The minimum Gasteiger partial charge on any atom is -0.438 e. The van der Waals surface area contributed by atoms with E-state index in [0.29, 0.717) is 29.0 Å². The maximum absolute atomic E-state index is 6.57. The number of aromatic nitrogens is 3. The summed E-state index contributed by atoms with van der Waals surface area (Å²) in [6.45, 7) is 0.520. The van der Waals surface area contributed by atoms with Crippen molar-refractivity contribution in [3.05, 3.63) is 114 Å². The summed E-state index contributed by atoms with van der Waals surface area (Å²) in [5.74, 6) is 1.73. The van der Waals surface area contributed by atoms with Crippen LogP contribution in [0, 0.1) is 0 Å². The molecule has 0 aliphatic carbocycles. The number of nitrogens with zero attached hydrogens (tertiary/aromatic N) is 3. The van der Waals surface area contributed by atoms with Gasteiger partial charge in [-0.25, -0.2) is 9.97 Å². The molecule has 0 spiro atoms. The van der Waals surface area contributed by atoms with E-state index in [1.54, 1.807) is 12.3 Å². The average molecular weight is 453 g/mol. The molecule has 0 fully saturated rings. The highest BCUT2D eigenvalue weighted by Crippen LogP contribution is 2.38. The van der Waals surface area contributed by atoms with E-state index in [1.165, 1.54) is 0 Å². The SMILES string of the molecule is Nc1cccc(Cn2c(-c3ccccc3Cl)ccc2-c2ccccc2Oc2ccccn2)n1. The largest absolute Gasteiger partial charge is 0.438 e. The third-order valence-corrected chi connectivity index (χ3v) is 5.62. The van der Waals surface area contributed by atoms with Gasteiger partial charge in [0.25, 0.3) is 0 Å². The van der Waals surface area contributed by atoms with Gasteiger partial charge in [0.05, 0.1) is 23.6 Å². The van der Waals surface area contributed by atoms with E-state index in [4.69, 9.17) is 22.1 Å². The summed E-state index contributed by atoms with van der Waals surface area (Å²) in [4.78, 5) is 8.82. The molecule has 0 amide bonds. The molecule has 6 heteroatoms. The Morgan fingerprint density at radius 3 is 2.24 bits per heavy atom. The zero-order valence-electron chi connectivity index (χ0n) is 17.7. The number of hydrogen-bond donors (Lipinski definition) is 1. The van der Waals surface area contributed by atoms with Gasteiger partial charge in [0, 0.05) is 28.4 Å². The van der Waals surface area contributed by atoms with E-state index in [0.717, 1.165) is 28.2 Å². The molecule has 2 N–H and O–H groups in total. The molecule has 0 unspecified atom stereocenters. The summed E-state index contributed by atoms with van der Waals surface area (Å²) in [5, 5.41) is 0.682. The Bertz CT molecular complexity index is 1400. The number of para-hydroxylation sites is 1. The number of pyridine rings is 2. The van der Waals surface area contributed by atoms with Crippen LogP contribution in [0.2, 0.25) is 5.02 Å². The van der Waals surface area contributed by atoms with E-state index in [1.807, 2.05) is 78.9 Å². The molecule has 0 radical (unpaired) electrons. The van der Waals surface area contributed by atoms with E-state index < -0.39 is 0 Å². The van der Waals surface area contributed by atoms with Gasteiger partial charge in [0.2, 0.25) is 5.88 Å². The standard InChI is InChI=1S/C27H21ClN4O/c28-22-11-3-1-9-20(22)23-15-16-24(32(23)18-19-8-7-13-26(29)31-19)21-10-2-4-12-25(21)33-27-14-5-6-17-30-27/h1-17H,18H2,(H2,29,31). The van der Waals surface area contributed by atoms with Gasteiger partial charge in [-0.3, -0.25) is 0 Å². The fraction of sp³-hybridized carbons (Fsp3) is 0.0370. The Morgan fingerprint density at radius 1 is 0.758 bits per heavy atom. The molecule has 3 aromatic heterocycles. The summed E-state index contributed by atoms with van der Waals surface area (Å²) < 4.78 is 8.32. The van der Waals surface area contributed by atoms with Crippen LogP contribution in [0.4, 0.5) is 5.82 Å². The topological polar surface area (TPSA) is 66.0 Å². The first-order valence-corrected chi connectivity index (χ1v) is 10.9. The Balaban J connectivity index is 1.65.